The molecule has 0 fully saturated rings. The largest absolute Gasteiger partial charge is 0.385 e. The Bertz CT molecular complexity index is 538. The Labute approximate surface area is 106 Å². The number of benzene rings is 2. The third-order valence-electron chi connectivity index (χ3n) is 2.67. The van der Waals surface area contributed by atoms with E-state index in [-0.39, 0.29) is 5.82 Å². The van der Waals surface area contributed by atoms with Gasteiger partial charge < -0.3 is 5.32 Å². The third-order valence-corrected chi connectivity index (χ3v) is 2.67. The van der Waals surface area contributed by atoms with E-state index in [1.165, 1.54) is 12.1 Å². The highest BCUT2D eigenvalue weighted by atomic mass is 19.1. The molecular formula is C15H13FN2. The van der Waals surface area contributed by atoms with Gasteiger partial charge in [-0.2, -0.15) is 5.26 Å². The van der Waals surface area contributed by atoms with Crippen molar-refractivity contribution in [3.05, 3.63) is 65.5 Å². The molecule has 0 aliphatic rings. The second-order valence-electron chi connectivity index (χ2n) is 3.99. The molecule has 0 amide bonds. The van der Waals surface area contributed by atoms with Crippen LogP contribution in [0.25, 0.3) is 0 Å². The van der Waals surface area contributed by atoms with Crippen LogP contribution in [0.5, 0.6) is 0 Å². The van der Waals surface area contributed by atoms with Crippen molar-refractivity contribution in [2.24, 2.45) is 0 Å². The molecule has 0 radical (unpaired) electrons. The minimum Gasteiger partial charge on any atom is -0.385 e. The van der Waals surface area contributed by atoms with Crippen molar-refractivity contribution in [2.45, 2.75) is 6.42 Å². The van der Waals surface area contributed by atoms with E-state index in [9.17, 15) is 4.39 Å². The van der Waals surface area contributed by atoms with Gasteiger partial charge in [0.1, 0.15) is 5.82 Å². The molecular weight excluding hydrogens is 227 g/mol. The molecule has 0 spiro atoms. The van der Waals surface area contributed by atoms with E-state index in [1.807, 2.05) is 12.1 Å². The lowest BCUT2D eigenvalue weighted by atomic mass is 10.1. The van der Waals surface area contributed by atoms with E-state index < -0.39 is 0 Å². The standard InChI is InChI=1S/C15H13FN2/c16-14-5-1-12(2-6-14)9-10-18-15-7-3-13(11-17)4-8-15/h1-8,18H,9-10H2. The predicted molar refractivity (Wildman–Crippen MR) is 69.8 cm³/mol. The van der Waals surface area contributed by atoms with Crippen LogP contribution in [-0.2, 0) is 6.42 Å². The summed E-state index contributed by atoms with van der Waals surface area (Å²) >= 11 is 0. The molecule has 0 aliphatic heterocycles. The first-order valence-corrected chi connectivity index (χ1v) is 5.76. The van der Waals surface area contributed by atoms with Gasteiger partial charge in [-0.15, -0.1) is 0 Å². The van der Waals surface area contributed by atoms with Gasteiger partial charge in [0.2, 0.25) is 0 Å². The van der Waals surface area contributed by atoms with Crippen LogP contribution in [0.3, 0.4) is 0 Å². The van der Waals surface area contributed by atoms with Gasteiger partial charge >= 0.3 is 0 Å². The van der Waals surface area contributed by atoms with E-state index >= 15 is 0 Å². The molecule has 90 valence electrons. The van der Waals surface area contributed by atoms with Crippen molar-refractivity contribution < 1.29 is 4.39 Å². The SMILES string of the molecule is N#Cc1ccc(NCCc2ccc(F)cc2)cc1. The lowest BCUT2D eigenvalue weighted by Crippen LogP contribution is -2.04. The molecule has 2 aromatic rings. The van der Waals surface area contributed by atoms with Crippen molar-refractivity contribution in [1.29, 1.82) is 5.26 Å². The topological polar surface area (TPSA) is 35.8 Å². The first-order valence-electron chi connectivity index (χ1n) is 5.76. The van der Waals surface area contributed by atoms with Gasteiger partial charge in [0.05, 0.1) is 11.6 Å². The Morgan fingerprint density at radius 1 is 1.00 bits per heavy atom. The summed E-state index contributed by atoms with van der Waals surface area (Å²) in [6, 6.07) is 15.9. The molecule has 0 bridgehead atoms. The Balaban J connectivity index is 1.84. The summed E-state index contributed by atoms with van der Waals surface area (Å²) in [5.74, 6) is -0.209. The van der Waals surface area contributed by atoms with E-state index in [0.29, 0.717) is 5.56 Å². The number of rotatable bonds is 4. The summed E-state index contributed by atoms with van der Waals surface area (Å²) in [4.78, 5) is 0. The van der Waals surface area contributed by atoms with Crippen LogP contribution >= 0.6 is 0 Å². The molecule has 2 aromatic carbocycles. The summed E-state index contributed by atoms with van der Waals surface area (Å²) in [5, 5.41) is 11.9. The van der Waals surface area contributed by atoms with Crippen LogP contribution < -0.4 is 5.32 Å². The van der Waals surface area contributed by atoms with Gasteiger partial charge in [-0.1, -0.05) is 12.1 Å². The number of halogens is 1. The maximum absolute atomic E-state index is 12.7. The average molecular weight is 240 g/mol. The molecule has 1 N–H and O–H groups in total. The quantitative estimate of drug-likeness (QED) is 0.889. The lowest BCUT2D eigenvalue weighted by Gasteiger charge is -2.06. The second-order valence-corrected chi connectivity index (χ2v) is 3.99. The zero-order chi connectivity index (χ0) is 12.8. The van der Waals surface area contributed by atoms with Crippen LogP contribution in [0.4, 0.5) is 10.1 Å². The summed E-state index contributed by atoms with van der Waals surface area (Å²) < 4.78 is 12.7. The highest BCUT2D eigenvalue weighted by Gasteiger charge is 1.95. The fraction of sp³-hybridized carbons (Fsp3) is 0.133. The second kappa shape index (κ2) is 5.83. The van der Waals surface area contributed by atoms with Crippen molar-refractivity contribution >= 4 is 5.69 Å². The molecule has 2 nitrogen and oxygen atoms in total. The van der Waals surface area contributed by atoms with Gasteiger partial charge in [0.15, 0.2) is 0 Å². The summed E-state index contributed by atoms with van der Waals surface area (Å²) in [6.07, 6.45) is 0.834. The smallest absolute Gasteiger partial charge is 0.123 e. The Hall–Kier alpha value is -2.34. The summed E-state index contributed by atoms with van der Waals surface area (Å²) in [7, 11) is 0. The van der Waals surface area contributed by atoms with E-state index in [4.69, 9.17) is 5.26 Å². The minimum absolute atomic E-state index is 0.209. The molecule has 0 unspecified atom stereocenters. The van der Waals surface area contributed by atoms with Crippen LogP contribution in [0.2, 0.25) is 0 Å². The van der Waals surface area contributed by atoms with Gasteiger partial charge in [-0.25, -0.2) is 4.39 Å². The number of nitrogens with zero attached hydrogens (tertiary/aromatic N) is 1. The maximum Gasteiger partial charge on any atom is 0.123 e. The molecule has 0 atom stereocenters. The van der Waals surface area contributed by atoms with Crippen LogP contribution in [-0.4, -0.2) is 6.54 Å². The predicted octanol–water partition coefficient (Wildman–Crippen LogP) is 3.35. The molecule has 18 heavy (non-hydrogen) atoms. The number of hydrogen-bond donors (Lipinski definition) is 1. The first kappa shape index (κ1) is 12.1. The highest BCUT2D eigenvalue weighted by Crippen LogP contribution is 2.09. The molecule has 2 rings (SSSR count). The highest BCUT2D eigenvalue weighted by molar-refractivity contribution is 5.47. The molecule has 0 aromatic heterocycles. The molecule has 0 aliphatic carbocycles. The Morgan fingerprint density at radius 2 is 1.67 bits per heavy atom. The van der Waals surface area contributed by atoms with Gasteiger partial charge in [0, 0.05) is 12.2 Å². The number of nitriles is 1. The van der Waals surface area contributed by atoms with Crippen molar-refractivity contribution in [2.75, 3.05) is 11.9 Å². The Kier molecular flexibility index (Phi) is 3.93. The van der Waals surface area contributed by atoms with Crippen molar-refractivity contribution in [3.63, 3.8) is 0 Å². The normalized spacial score (nSPS) is 9.78. The van der Waals surface area contributed by atoms with E-state index in [2.05, 4.69) is 11.4 Å². The number of anilines is 1. The molecule has 0 saturated heterocycles. The summed E-state index contributed by atoms with van der Waals surface area (Å²) in [5.41, 5.74) is 2.73. The fourth-order valence-electron chi connectivity index (χ4n) is 1.66. The first-order chi connectivity index (χ1) is 8.78. The zero-order valence-corrected chi connectivity index (χ0v) is 9.86. The molecule has 0 heterocycles. The van der Waals surface area contributed by atoms with Crippen LogP contribution in [0, 0.1) is 17.1 Å². The van der Waals surface area contributed by atoms with Crippen molar-refractivity contribution in [1.82, 2.24) is 0 Å². The number of hydrogen-bond acceptors (Lipinski definition) is 2. The molecule has 0 saturated carbocycles. The van der Waals surface area contributed by atoms with Crippen molar-refractivity contribution in [3.8, 4) is 6.07 Å². The minimum atomic E-state index is -0.209. The average Bonchev–Trinajstić information content (AvgIpc) is 2.42. The molecule has 3 heteroatoms. The maximum atomic E-state index is 12.7. The lowest BCUT2D eigenvalue weighted by molar-refractivity contribution is 0.627. The van der Waals surface area contributed by atoms with Crippen LogP contribution in [0.1, 0.15) is 11.1 Å². The van der Waals surface area contributed by atoms with Gasteiger partial charge in [-0.05, 0) is 48.4 Å². The van der Waals surface area contributed by atoms with Gasteiger partial charge in [-0.3, -0.25) is 0 Å². The van der Waals surface area contributed by atoms with E-state index in [1.54, 1.807) is 24.3 Å². The number of nitrogens with one attached hydrogen (secondary N) is 1. The van der Waals surface area contributed by atoms with Gasteiger partial charge in [0.25, 0.3) is 0 Å². The van der Waals surface area contributed by atoms with E-state index in [0.717, 1.165) is 24.2 Å². The fourth-order valence-corrected chi connectivity index (χ4v) is 1.66. The zero-order valence-electron chi connectivity index (χ0n) is 9.86. The monoisotopic (exact) mass is 240 g/mol. The summed E-state index contributed by atoms with van der Waals surface area (Å²) in [6.45, 7) is 0.775. The third kappa shape index (κ3) is 3.33. The Morgan fingerprint density at radius 3 is 2.28 bits per heavy atom. The van der Waals surface area contributed by atoms with Crippen LogP contribution in [0.15, 0.2) is 48.5 Å².